The summed E-state index contributed by atoms with van der Waals surface area (Å²) in [6, 6.07) is 20.9. The Morgan fingerprint density at radius 2 is 1.50 bits per heavy atom. The fourth-order valence-corrected chi connectivity index (χ4v) is 2.00. The normalized spacial score (nSPS) is 10.2. The van der Waals surface area contributed by atoms with E-state index in [2.05, 4.69) is 4.98 Å². The van der Waals surface area contributed by atoms with E-state index in [9.17, 15) is 4.79 Å². The maximum atomic E-state index is 10.8. The van der Waals surface area contributed by atoms with Crippen LogP contribution in [0.4, 0.5) is 0 Å². The second-order valence-corrected chi connectivity index (χ2v) is 4.37. The number of fused-ring (bicyclic) bond motifs is 2. The zero-order valence-electron chi connectivity index (χ0n) is 10.7. The van der Waals surface area contributed by atoms with E-state index >= 15 is 0 Å². The Morgan fingerprint density at radius 1 is 0.750 bits per heavy atom. The molecule has 98 valence electrons. The lowest BCUT2D eigenvalue weighted by atomic mass is 10.2. The van der Waals surface area contributed by atoms with Crippen LogP contribution in [0, 0.1) is 0 Å². The van der Waals surface area contributed by atoms with Gasteiger partial charge in [-0.25, -0.2) is 0 Å². The molecule has 20 heavy (non-hydrogen) atoms. The molecule has 0 fully saturated rings. The highest BCUT2D eigenvalue weighted by Crippen LogP contribution is 2.12. The zero-order chi connectivity index (χ0) is 13.8. The summed E-state index contributed by atoms with van der Waals surface area (Å²) in [4.78, 5) is 13.6. The molecule has 3 nitrogen and oxygen atoms in total. The van der Waals surface area contributed by atoms with Crippen molar-refractivity contribution in [1.29, 1.82) is 0 Å². The molecule has 4 rings (SSSR count). The van der Waals surface area contributed by atoms with Crippen molar-refractivity contribution in [3.8, 4) is 0 Å². The highest BCUT2D eigenvalue weighted by molar-refractivity contribution is 5.77. The smallest absolute Gasteiger partial charge is 0.248 e. The predicted octanol–water partition coefficient (Wildman–Crippen LogP) is 3.96. The highest BCUT2D eigenvalue weighted by Gasteiger charge is 1.90. The SMILES string of the molecule is O=c1ccc2ccccc2[nH]1.c1ccc2occc2c1. The van der Waals surface area contributed by atoms with Crippen LogP contribution in [0.25, 0.3) is 21.9 Å². The van der Waals surface area contributed by atoms with Gasteiger partial charge < -0.3 is 9.40 Å². The lowest BCUT2D eigenvalue weighted by Gasteiger charge is -1.93. The first kappa shape index (κ1) is 12.2. The Bertz CT molecular complexity index is 859. The quantitative estimate of drug-likeness (QED) is 0.522. The molecular weight excluding hydrogens is 250 g/mol. The lowest BCUT2D eigenvalue weighted by Crippen LogP contribution is -2.01. The zero-order valence-corrected chi connectivity index (χ0v) is 10.7. The summed E-state index contributed by atoms with van der Waals surface area (Å²) in [7, 11) is 0. The fraction of sp³-hybridized carbons (Fsp3) is 0. The summed E-state index contributed by atoms with van der Waals surface area (Å²) >= 11 is 0. The largest absolute Gasteiger partial charge is 0.464 e. The number of H-pyrrole nitrogens is 1. The Balaban J connectivity index is 0.000000123. The van der Waals surface area contributed by atoms with E-state index in [0.717, 1.165) is 21.9 Å². The van der Waals surface area contributed by atoms with Gasteiger partial charge in [-0.2, -0.15) is 0 Å². The molecule has 2 aromatic heterocycles. The number of hydrogen-bond acceptors (Lipinski definition) is 2. The molecule has 2 heterocycles. The van der Waals surface area contributed by atoms with E-state index in [4.69, 9.17) is 4.42 Å². The molecule has 0 spiro atoms. The minimum Gasteiger partial charge on any atom is -0.464 e. The Hall–Kier alpha value is -2.81. The number of para-hydroxylation sites is 2. The minimum atomic E-state index is -0.0521. The van der Waals surface area contributed by atoms with Gasteiger partial charge in [-0.1, -0.05) is 36.4 Å². The summed E-state index contributed by atoms with van der Waals surface area (Å²) < 4.78 is 5.12. The van der Waals surface area contributed by atoms with E-state index in [1.807, 2.05) is 60.7 Å². The number of hydrogen-bond donors (Lipinski definition) is 1. The van der Waals surface area contributed by atoms with E-state index in [0.29, 0.717) is 0 Å². The molecule has 0 aliphatic rings. The molecule has 3 heteroatoms. The van der Waals surface area contributed by atoms with Gasteiger partial charge in [-0.05, 0) is 29.7 Å². The highest BCUT2D eigenvalue weighted by atomic mass is 16.3. The molecule has 2 aromatic carbocycles. The van der Waals surface area contributed by atoms with E-state index in [1.54, 1.807) is 6.26 Å². The van der Waals surface area contributed by atoms with Gasteiger partial charge in [-0.3, -0.25) is 4.79 Å². The fourth-order valence-electron chi connectivity index (χ4n) is 2.00. The average molecular weight is 263 g/mol. The van der Waals surface area contributed by atoms with Crippen molar-refractivity contribution in [1.82, 2.24) is 4.98 Å². The summed E-state index contributed by atoms with van der Waals surface area (Å²) in [5.74, 6) is 0. The monoisotopic (exact) mass is 263 g/mol. The average Bonchev–Trinajstić information content (AvgIpc) is 2.96. The van der Waals surface area contributed by atoms with Crippen molar-refractivity contribution in [3.05, 3.63) is 83.3 Å². The Morgan fingerprint density at radius 3 is 2.35 bits per heavy atom. The van der Waals surface area contributed by atoms with Crippen molar-refractivity contribution in [2.75, 3.05) is 0 Å². The molecule has 4 aromatic rings. The van der Waals surface area contributed by atoms with Crippen LogP contribution in [-0.2, 0) is 0 Å². The molecule has 0 unspecified atom stereocenters. The van der Waals surface area contributed by atoms with Gasteiger partial charge in [-0.15, -0.1) is 0 Å². The Labute approximate surface area is 115 Å². The van der Waals surface area contributed by atoms with Crippen molar-refractivity contribution in [2.24, 2.45) is 0 Å². The number of nitrogens with one attached hydrogen (secondary N) is 1. The molecule has 0 aliphatic heterocycles. The van der Waals surface area contributed by atoms with Gasteiger partial charge in [0.15, 0.2) is 0 Å². The van der Waals surface area contributed by atoms with Crippen LogP contribution in [-0.4, -0.2) is 4.98 Å². The third kappa shape index (κ3) is 2.62. The van der Waals surface area contributed by atoms with Crippen LogP contribution in [0.2, 0.25) is 0 Å². The number of pyridine rings is 1. The van der Waals surface area contributed by atoms with E-state index in [-0.39, 0.29) is 5.56 Å². The first-order valence-electron chi connectivity index (χ1n) is 6.33. The summed E-state index contributed by atoms with van der Waals surface area (Å²) in [5.41, 5.74) is 1.79. The lowest BCUT2D eigenvalue weighted by molar-refractivity contribution is 0.616. The Kier molecular flexibility index (Phi) is 3.33. The molecule has 0 aliphatic carbocycles. The number of benzene rings is 2. The molecule has 0 saturated heterocycles. The topological polar surface area (TPSA) is 46.0 Å². The molecule has 0 saturated carbocycles. The first-order valence-corrected chi connectivity index (χ1v) is 6.33. The molecule has 0 radical (unpaired) electrons. The minimum absolute atomic E-state index is 0.0521. The van der Waals surface area contributed by atoms with Crippen LogP contribution < -0.4 is 5.56 Å². The van der Waals surface area contributed by atoms with Crippen LogP contribution in [0.3, 0.4) is 0 Å². The summed E-state index contributed by atoms with van der Waals surface area (Å²) in [5, 5.41) is 2.23. The summed E-state index contributed by atoms with van der Waals surface area (Å²) in [6.07, 6.45) is 1.70. The molecule has 1 N–H and O–H groups in total. The number of rotatable bonds is 0. The van der Waals surface area contributed by atoms with E-state index < -0.39 is 0 Å². The molecular formula is C17H13NO2. The van der Waals surface area contributed by atoms with Crippen LogP contribution in [0.5, 0.6) is 0 Å². The van der Waals surface area contributed by atoms with Gasteiger partial charge in [0, 0.05) is 17.0 Å². The van der Waals surface area contributed by atoms with Crippen LogP contribution in [0.15, 0.2) is 82.2 Å². The number of furan rings is 1. The van der Waals surface area contributed by atoms with Gasteiger partial charge in [0.2, 0.25) is 5.56 Å². The predicted molar refractivity (Wildman–Crippen MR) is 80.8 cm³/mol. The van der Waals surface area contributed by atoms with Gasteiger partial charge >= 0.3 is 0 Å². The molecule has 0 atom stereocenters. The second kappa shape index (κ2) is 5.45. The van der Waals surface area contributed by atoms with Gasteiger partial charge in [0.25, 0.3) is 0 Å². The maximum absolute atomic E-state index is 10.8. The third-order valence-corrected chi connectivity index (χ3v) is 2.99. The van der Waals surface area contributed by atoms with Crippen molar-refractivity contribution >= 4 is 21.9 Å². The standard InChI is InChI=1S/C9H7NO.C8H6O/c11-9-6-5-7-3-1-2-4-8(7)10-9;1-2-4-8-7(3-1)5-6-9-8/h1-6H,(H,10,11);1-6H. The third-order valence-electron chi connectivity index (χ3n) is 2.99. The van der Waals surface area contributed by atoms with Gasteiger partial charge in [0.1, 0.15) is 5.58 Å². The van der Waals surface area contributed by atoms with Crippen molar-refractivity contribution in [3.63, 3.8) is 0 Å². The maximum Gasteiger partial charge on any atom is 0.248 e. The van der Waals surface area contributed by atoms with Crippen LogP contribution >= 0.6 is 0 Å². The van der Waals surface area contributed by atoms with E-state index in [1.165, 1.54) is 6.07 Å². The van der Waals surface area contributed by atoms with Crippen molar-refractivity contribution in [2.45, 2.75) is 0 Å². The summed E-state index contributed by atoms with van der Waals surface area (Å²) in [6.45, 7) is 0. The number of aromatic amines is 1. The second-order valence-electron chi connectivity index (χ2n) is 4.37. The number of aromatic nitrogens is 1. The first-order chi connectivity index (χ1) is 9.83. The molecule has 0 amide bonds. The molecule has 0 bridgehead atoms. The van der Waals surface area contributed by atoms with Crippen molar-refractivity contribution < 1.29 is 4.42 Å². The van der Waals surface area contributed by atoms with Crippen LogP contribution in [0.1, 0.15) is 0 Å². The van der Waals surface area contributed by atoms with Gasteiger partial charge in [0.05, 0.1) is 6.26 Å².